The predicted molar refractivity (Wildman–Crippen MR) is 226 cm³/mol. The molecular weight excluding hydrogens is 705 g/mol. The normalized spacial score (nSPS) is 12.3. The van der Waals surface area contributed by atoms with E-state index in [0.29, 0.717) is 61.8 Å². The molecule has 7 rings (SSSR count). The Balaban J connectivity index is 1.20. The lowest BCUT2D eigenvalue weighted by molar-refractivity contribution is 0.104. The number of carbonyl (C=O) groups is 1. The summed E-state index contributed by atoms with van der Waals surface area (Å²) in [6, 6.07) is 27.3. The molecule has 55 heavy (non-hydrogen) atoms. The Kier molecular flexibility index (Phi) is 11.5. The van der Waals surface area contributed by atoms with E-state index in [1.54, 1.807) is 13.2 Å². The highest BCUT2D eigenvalue weighted by molar-refractivity contribution is 7.92. The fourth-order valence-corrected chi connectivity index (χ4v) is 8.31. The Morgan fingerprint density at radius 2 is 1.40 bits per heavy atom. The van der Waals surface area contributed by atoms with Gasteiger partial charge in [0, 0.05) is 27.8 Å². The first kappa shape index (κ1) is 38.0. The average molecular weight is 755 g/mol. The van der Waals surface area contributed by atoms with Gasteiger partial charge in [-0.2, -0.15) is 0 Å². The van der Waals surface area contributed by atoms with E-state index in [4.69, 9.17) is 14.7 Å². The van der Waals surface area contributed by atoms with E-state index in [9.17, 15) is 13.2 Å². The van der Waals surface area contributed by atoms with Crippen LogP contribution in [-0.2, 0) is 16.4 Å². The number of unbranched alkanes of at least 4 members (excludes halogenated alkanes) is 9. The second-order valence-corrected chi connectivity index (χ2v) is 16.6. The fourth-order valence-electron chi connectivity index (χ4n) is 7.75. The summed E-state index contributed by atoms with van der Waals surface area (Å²) in [5.41, 5.74) is 7.70. The van der Waals surface area contributed by atoms with Gasteiger partial charge in [-0.05, 0) is 84.1 Å². The molecule has 0 atom stereocenters. The number of ether oxygens (including phenoxy) is 1. The van der Waals surface area contributed by atoms with Gasteiger partial charge in [0.25, 0.3) is 0 Å². The van der Waals surface area contributed by atoms with Crippen molar-refractivity contribution in [1.29, 1.82) is 0 Å². The molecule has 0 fully saturated rings. The van der Waals surface area contributed by atoms with Gasteiger partial charge in [-0.15, -0.1) is 0 Å². The van der Waals surface area contributed by atoms with Crippen LogP contribution in [-0.4, -0.2) is 37.5 Å². The second-order valence-electron chi connectivity index (χ2n) is 14.8. The number of ketones is 1. The first-order chi connectivity index (χ1) is 26.6. The zero-order chi connectivity index (χ0) is 38.5. The van der Waals surface area contributed by atoms with Crippen molar-refractivity contribution in [2.24, 2.45) is 0 Å². The first-order valence-corrected chi connectivity index (χ1v) is 21.5. The maximum atomic E-state index is 14.3. The van der Waals surface area contributed by atoms with Crippen LogP contribution >= 0.6 is 0 Å². The van der Waals surface area contributed by atoms with Gasteiger partial charge in [0.2, 0.25) is 10.0 Å². The molecule has 0 radical (unpaired) electrons. The number of hydrogen-bond acceptors (Lipinski definition) is 7. The zero-order valence-corrected chi connectivity index (χ0v) is 33.1. The van der Waals surface area contributed by atoms with Gasteiger partial charge in [-0.1, -0.05) is 107 Å². The van der Waals surface area contributed by atoms with E-state index >= 15 is 0 Å². The summed E-state index contributed by atoms with van der Waals surface area (Å²) in [5, 5.41) is 5.91. The number of benzene rings is 5. The van der Waals surface area contributed by atoms with Gasteiger partial charge in [0.05, 0.1) is 41.5 Å². The number of hydrogen-bond donors (Lipinski definition) is 2. The van der Waals surface area contributed by atoms with E-state index < -0.39 is 10.0 Å². The molecule has 9 heteroatoms. The summed E-state index contributed by atoms with van der Waals surface area (Å²) in [5.74, 6) is 0.915. The van der Waals surface area contributed by atoms with Crippen molar-refractivity contribution in [2.75, 3.05) is 23.4 Å². The summed E-state index contributed by atoms with van der Waals surface area (Å²) < 4.78 is 33.3. The number of rotatable bonds is 17. The second kappa shape index (κ2) is 16.6. The Hall–Kier alpha value is -5.28. The van der Waals surface area contributed by atoms with E-state index in [2.05, 4.69) is 41.2 Å². The van der Waals surface area contributed by atoms with Crippen LogP contribution in [0.15, 0.2) is 84.9 Å². The van der Waals surface area contributed by atoms with Crippen LogP contribution in [0.25, 0.3) is 44.3 Å². The summed E-state index contributed by atoms with van der Waals surface area (Å²) in [7, 11) is -2.06. The molecular formula is C46H50N4O4S. The van der Waals surface area contributed by atoms with E-state index in [1.807, 2.05) is 61.5 Å². The standard InChI is InChI=1S/C46H50N4O4S/c1-5-6-7-8-9-10-11-12-13-14-17-31-20-23-34(24-21-31)47-40-26-30(2)43-42-41(40)45(51)37-19-16-15-18-36(37)44(42)49-46(48-43)38-28-32-22-25-35(54-3)27-33(32)29-39(38)50-55(4,52)53/h15-16,18-29,47,50H,5-14,17H2,1-4H3. The lowest BCUT2D eigenvalue weighted by Gasteiger charge is -2.24. The van der Waals surface area contributed by atoms with Crippen LogP contribution < -0.4 is 14.8 Å². The van der Waals surface area contributed by atoms with Crippen molar-refractivity contribution in [3.63, 3.8) is 0 Å². The number of nitrogens with one attached hydrogen (secondary N) is 2. The average Bonchev–Trinajstić information content (AvgIpc) is 3.17. The third-order valence-electron chi connectivity index (χ3n) is 10.6. The van der Waals surface area contributed by atoms with Crippen molar-refractivity contribution in [3.05, 3.63) is 107 Å². The van der Waals surface area contributed by atoms with Crippen molar-refractivity contribution < 1.29 is 17.9 Å². The van der Waals surface area contributed by atoms with Crippen LogP contribution in [0, 0.1) is 6.92 Å². The van der Waals surface area contributed by atoms with E-state index in [1.165, 1.54) is 69.8 Å². The topological polar surface area (TPSA) is 110 Å². The molecule has 284 valence electrons. The summed E-state index contributed by atoms with van der Waals surface area (Å²) in [6.45, 7) is 4.25. The molecule has 0 saturated carbocycles. The highest BCUT2D eigenvalue weighted by Gasteiger charge is 2.31. The molecule has 0 amide bonds. The van der Waals surface area contributed by atoms with Gasteiger partial charge in [0.15, 0.2) is 11.6 Å². The number of carbonyl (C=O) groups excluding carboxylic acids is 1. The summed E-state index contributed by atoms with van der Waals surface area (Å²) in [4.78, 5) is 24.5. The number of fused-ring (bicyclic) bond motifs is 3. The van der Waals surface area contributed by atoms with Gasteiger partial charge in [0.1, 0.15) is 5.75 Å². The highest BCUT2D eigenvalue weighted by Crippen LogP contribution is 2.44. The van der Waals surface area contributed by atoms with Crippen LogP contribution in [0.2, 0.25) is 0 Å². The van der Waals surface area contributed by atoms with Crippen molar-refractivity contribution in [1.82, 2.24) is 9.97 Å². The lowest BCUT2D eigenvalue weighted by Crippen LogP contribution is -2.15. The molecule has 0 saturated heterocycles. The monoisotopic (exact) mass is 754 g/mol. The minimum atomic E-state index is -3.65. The molecule has 1 aliphatic carbocycles. The number of aryl methyl sites for hydroxylation is 2. The molecule has 0 bridgehead atoms. The third kappa shape index (κ3) is 8.52. The first-order valence-electron chi connectivity index (χ1n) is 19.6. The number of nitrogens with zero attached hydrogens (tertiary/aromatic N) is 2. The fraction of sp³-hybridized carbons (Fsp3) is 0.326. The minimum absolute atomic E-state index is 0.0939. The SMILES string of the molecule is CCCCCCCCCCCCc1ccc(Nc2cc(C)c3nc(-c4cc5ccc(OC)cc5cc4NS(C)(=O)=O)nc4c3c2C(=O)c2ccccc2-4)cc1. The highest BCUT2D eigenvalue weighted by atomic mass is 32.2. The molecule has 1 aliphatic rings. The molecule has 1 heterocycles. The Morgan fingerprint density at radius 3 is 2.09 bits per heavy atom. The molecule has 5 aromatic carbocycles. The predicted octanol–water partition coefficient (Wildman–Crippen LogP) is 11.6. The molecule has 1 aromatic heterocycles. The molecule has 6 aromatic rings. The number of aromatic nitrogens is 2. The lowest BCUT2D eigenvalue weighted by atomic mass is 9.84. The van der Waals surface area contributed by atoms with Gasteiger partial charge < -0.3 is 10.1 Å². The molecule has 8 nitrogen and oxygen atoms in total. The molecule has 2 N–H and O–H groups in total. The smallest absolute Gasteiger partial charge is 0.229 e. The van der Waals surface area contributed by atoms with Crippen LogP contribution in [0.4, 0.5) is 17.1 Å². The quantitative estimate of drug-likeness (QED) is 0.0891. The van der Waals surface area contributed by atoms with Crippen molar-refractivity contribution in [3.8, 4) is 28.4 Å². The van der Waals surface area contributed by atoms with Crippen LogP contribution in [0.1, 0.15) is 98.2 Å². The number of methoxy groups -OCH3 is 1. The number of sulfonamides is 1. The Labute approximate surface area is 324 Å². The summed E-state index contributed by atoms with van der Waals surface area (Å²) >= 11 is 0. The maximum absolute atomic E-state index is 14.3. The largest absolute Gasteiger partial charge is 0.497 e. The summed E-state index contributed by atoms with van der Waals surface area (Å²) in [6.07, 6.45) is 15.4. The van der Waals surface area contributed by atoms with Crippen molar-refractivity contribution in [2.45, 2.75) is 84.5 Å². The minimum Gasteiger partial charge on any atom is -0.497 e. The van der Waals surface area contributed by atoms with Crippen LogP contribution in [0.5, 0.6) is 5.75 Å². The number of anilines is 3. The Bertz CT molecular complexity index is 2480. The van der Waals surface area contributed by atoms with Gasteiger partial charge in [-0.3, -0.25) is 9.52 Å². The van der Waals surface area contributed by atoms with E-state index in [0.717, 1.165) is 34.7 Å². The third-order valence-corrected chi connectivity index (χ3v) is 11.2. The van der Waals surface area contributed by atoms with Crippen LogP contribution in [0.3, 0.4) is 0 Å². The molecule has 0 aliphatic heterocycles. The van der Waals surface area contributed by atoms with Gasteiger partial charge in [-0.25, -0.2) is 18.4 Å². The zero-order valence-electron chi connectivity index (χ0n) is 32.3. The Morgan fingerprint density at radius 1 is 0.709 bits per heavy atom. The van der Waals surface area contributed by atoms with Gasteiger partial charge >= 0.3 is 0 Å². The molecule has 0 unspecified atom stereocenters. The van der Waals surface area contributed by atoms with Crippen molar-refractivity contribution >= 4 is 54.5 Å². The van der Waals surface area contributed by atoms with E-state index in [-0.39, 0.29) is 5.78 Å². The maximum Gasteiger partial charge on any atom is 0.229 e. The molecule has 0 spiro atoms.